The van der Waals surface area contributed by atoms with Gasteiger partial charge in [0.1, 0.15) is 0 Å². The summed E-state index contributed by atoms with van der Waals surface area (Å²) < 4.78 is 26.9. The maximum Gasteiger partial charge on any atom is 0.163 e. The van der Waals surface area contributed by atoms with E-state index in [0.29, 0.717) is 24.2 Å². The molecule has 0 amide bonds. The Morgan fingerprint density at radius 2 is 1.90 bits per heavy atom. The third-order valence-corrected chi connectivity index (χ3v) is 4.26. The van der Waals surface area contributed by atoms with Gasteiger partial charge in [0.25, 0.3) is 0 Å². The van der Waals surface area contributed by atoms with E-state index in [-0.39, 0.29) is 0 Å². The highest BCUT2D eigenvalue weighted by Crippen LogP contribution is 2.24. The van der Waals surface area contributed by atoms with Crippen molar-refractivity contribution in [1.29, 1.82) is 0 Å². The summed E-state index contributed by atoms with van der Waals surface area (Å²) >= 11 is 0. The zero-order valence-corrected chi connectivity index (χ0v) is 12.3. The van der Waals surface area contributed by atoms with Crippen LogP contribution in [0.3, 0.4) is 0 Å². The lowest BCUT2D eigenvalue weighted by atomic mass is 9.90. The summed E-state index contributed by atoms with van der Waals surface area (Å²) in [6.07, 6.45) is 4.55. The molecule has 1 aromatic rings. The SMILES string of the molecule is CCNC1CCC(N(C)Cc2cccc(F)c2F)CC1. The monoisotopic (exact) mass is 282 g/mol. The van der Waals surface area contributed by atoms with Crippen LogP contribution in [0.1, 0.15) is 38.2 Å². The van der Waals surface area contributed by atoms with Crippen LogP contribution >= 0.6 is 0 Å². The Morgan fingerprint density at radius 3 is 2.55 bits per heavy atom. The summed E-state index contributed by atoms with van der Waals surface area (Å²) in [6, 6.07) is 5.49. The summed E-state index contributed by atoms with van der Waals surface area (Å²) in [7, 11) is 2.00. The van der Waals surface area contributed by atoms with Crippen LogP contribution in [0.2, 0.25) is 0 Å². The number of hydrogen-bond acceptors (Lipinski definition) is 2. The maximum absolute atomic E-state index is 13.7. The third-order valence-electron chi connectivity index (χ3n) is 4.26. The molecule has 1 aliphatic rings. The summed E-state index contributed by atoms with van der Waals surface area (Å²) in [5, 5.41) is 3.48. The van der Waals surface area contributed by atoms with E-state index in [9.17, 15) is 8.78 Å². The van der Waals surface area contributed by atoms with Crippen molar-refractivity contribution in [3.63, 3.8) is 0 Å². The number of nitrogens with one attached hydrogen (secondary N) is 1. The van der Waals surface area contributed by atoms with Gasteiger partial charge in [0, 0.05) is 24.2 Å². The molecule has 0 spiro atoms. The van der Waals surface area contributed by atoms with Gasteiger partial charge < -0.3 is 5.32 Å². The molecule has 1 aliphatic carbocycles. The highest BCUT2D eigenvalue weighted by atomic mass is 19.2. The van der Waals surface area contributed by atoms with Crippen molar-refractivity contribution in [2.75, 3.05) is 13.6 Å². The fourth-order valence-corrected chi connectivity index (χ4v) is 3.08. The van der Waals surface area contributed by atoms with Crippen LogP contribution in [0.15, 0.2) is 18.2 Å². The van der Waals surface area contributed by atoms with Gasteiger partial charge in [-0.1, -0.05) is 19.1 Å². The molecule has 0 radical (unpaired) electrons. The molecule has 4 heteroatoms. The zero-order valence-electron chi connectivity index (χ0n) is 12.3. The predicted octanol–water partition coefficient (Wildman–Crippen LogP) is 3.32. The Balaban J connectivity index is 1.89. The Labute approximate surface area is 120 Å². The summed E-state index contributed by atoms with van der Waals surface area (Å²) in [6.45, 7) is 3.62. The van der Waals surface area contributed by atoms with Gasteiger partial charge in [0.05, 0.1) is 0 Å². The van der Waals surface area contributed by atoms with Gasteiger partial charge in [-0.15, -0.1) is 0 Å². The summed E-state index contributed by atoms with van der Waals surface area (Å²) in [5.41, 5.74) is 0.446. The van der Waals surface area contributed by atoms with Crippen LogP contribution in [0.4, 0.5) is 8.78 Å². The molecule has 0 bridgehead atoms. The largest absolute Gasteiger partial charge is 0.314 e. The van der Waals surface area contributed by atoms with Gasteiger partial charge in [-0.25, -0.2) is 8.78 Å². The van der Waals surface area contributed by atoms with Gasteiger partial charge in [0.2, 0.25) is 0 Å². The average Bonchev–Trinajstić information content (AvgIpc) is 2.45. The average molecular weight is 282 g/mol. The third kappa shape index (κ3) is 3.76. The van der Waals surface area contributed by atoms with E-state index < -0.39 is 11.6 Å². The second-order valence-corrected chi connectivity index (χ2v) is 5.69. The van der Waals surface area contributed by atoms with E-state index in [2.05, 4.69) is 17.1 Å². The highest BCUT2D eigenvalue weighted by molar-refractivity contribution is 5.18. The fourth-order valence-electron chi connectivity index (χ4n) is 3.08. The lowest BCUT2D eigenvalue weighted by Gasteiger charge is -2.35. The molecular weight excluding hydrogens is 258 g/mol. The first-order valence-electron chi connectivity index (χ1n) is 7.48. The van der Waals surface area contributed by atoms with Gasteiger partial charge in [0.15, 0.2) is 11.6 Å². The van der Waals surface area contributed by atoms with Gasteiger partial charge >= 0.3 is 0 Å². The quantitative estimate of drug-likeness (QED) is 0.891. The van der Waals surface area contributed by atoms with Crippen molar-refractivity contribution >= 4 is 0 Å². The number of halogens is 2. The first-order valence-corrected chi connectivity index (χ1v) is 7.48. The van der Waals surface area contributed by atoms with Crippen LogP contribution in [0, 0.1) is 11.6 Å². The van der Waals surface area contributed by atoms with Gasteiger partial charge in [-0.05, 0) is 45.3 Å². The van der Waals surface area contributed by atoms with Gasteiger partial charge in [-0.2, -0.15) is 0 Å². The number of benzene rings is 1. The first kappa shape index (κ1) is 15.4. The molecule has 0 aliphatic heterocycles. The Hall–Kier alpha value is -1.00. The van der Waals surface area contributed by atoms with E-state index in [0.717, 1.165) is 32.2 Å². The first-order chi connectivity index (χ1) is 9.61. The van der Waals surface area contributed by atoms with E-state index in [4.69, 9.17) is 0 Å². The Morgan fingerprint density at radius 1 is 1.20 bits per heavy atom. The minimum absolute atomic E-state index is 0.446. The maximum atomic E-state index is 13.7. The minimum Gasteiger partial charge on any atom is -0.314 e. The van der Waals surface area contributed by atoms with E-state index in [1.807, 2.05) is 7.05 Å². The van der Waals surface area contributed by atoms with Crippen LogP contribution in [-0.2, 0) is 6.54 Å². The highest BCUT2D eigenvalue weighted by Gasteiger charge is 2.24. The molecule has 1 saturated carbocycles. The molecular formula is C16H24F2N2. The number of rotatable bonds is 5. The lowest BCUT2D eigenvalue weighted by Crippen LogP contribution is -2.40. The molecule has 0 saturated heterocycles. The molecule has 0 unspecified atom stereocenters. The topological polar surface area (TPSA) is 15.3 Å². The molecule has 112 valence electrons. The van der Waals surface area contributed by atoms with E-state index in [1.165, 1.54) is 6.07 Å². The van der Waals surface area contributed by atoms with E-state index in [1.54, 1.807) is 12.1 Å². The smallest absolute Gasteiger partial charge is 0.163 e. The second-order valence-electron chi connectivity index (χ2n) is 5.69. The molecule has 0 atom stereocenters. The Bertz CT molecular complexity index is 428. The standard InChI is InChI=1S/C16H24F2N2/c1-3-19-13-7-9-14(10-8-13)20(2)11-12-5-4-6-15(17)16(12)18/h4-6,13-14,19H,3,7-11H2,1-2H3. The van der Waals surface area contributed by atoms with E-state index >= 15 is 0 Å². The van der Waals surface area contributed by atoms with Crippen molar-refractivity contribution in [3.8, 4) is 0 Å². The van der Waals surface area contributed by atoms with Crippen LogP contribution in [-0.4, -0.2) is 30.6 Å². The summed E-state index contributed by atoms with van der Waals surface area (Å²) in [5.74, 6) is -1.47. The van der Waals surface area contributed by atoms with Gasteiger partial charge in [-0.3, -0.25) is 4.90 Å². The van der Waals surface area contributed by atoms with Crippen molar-refractivity contribution in [2.45, 2.75) is 51.2 Å². The van der Waals surface area contributed by atoms with Crippen LogP contribution in [0.5, 0.6) is 0 Å². The minimum atomic E-state index is -0.758. The lowest BCUT2D eigenvalue weighted by molar-refractivity contribution is 0.166. The van der Waals surface area contributed by atoms with Crippen molar-refractivity contribution < 1.29 is 8.78 Å². The molecule has 1 aromatic carbocycles. The normalized spacial score (nSPS) is 23.2. The molecule has 20 heavy (non-hydrogen) atoms. The van der Waals surface area contributed by atoms with Crippen molar-refractivity contribution in [2.24, 2.45) is 0 Å². The fraction of sp³-hybridized carbons (Fsp3) is 0.625. The van der Waals surface area contributed by atoms with Crippen molar-refractivity contribution in [3.05, 3.63) is 35.4 Å². The molecule has 2 rings (SSSR count). The molecule has 2 nitrogen and oxygen atoms in total. The van der Waals surface area contributed by atoms with Crippen LogP contribution in [0.25, 0.3) is 0 Å². The van der Waals surface area contributed by atoms with Crippen molar-refractivity contribution in [1.82, 2.24) is 10.2 Å². The molecule has 1 fully saturated rings. The summed E-state index contributed by atoms with van der Waals surface area (Å²) in [4.78, 5) is 2.15. The Kier molecular flexibility index (Phi) is 5.49. The number of hydrogen-bond donors (Lipinski definition) is 1. The zero-order chi connectivity index (χ0) is 14.5. The van der Waals surface area contributed by atoms with Crippen LogP contribution < -0.4 is 5.32 Å². The predicted molar refractivity (Wildman–Crippen MR) is 77.5 cm³/mol. The molecule has 1 N–H and O–H groups in total. The second kappa shape index (κ2) is 7.14. The molecule has 0 heterocycles. The number of nitrogens with zero attached hydrogens (tertiary/aromatic N) is 1. The molecule has 0 aromatic heterocycles.